The number of carbonyl (C=O) groups is 1. The zero-order valence-electron chi connectivity index (χ0n) is 20.2. The molecule has 0 unspecified atom stereocenters. The average Bonchev–Trinajstić information content (AvgIpc) is 2.89. The van der Waals surface area contributed by atoms with E-state index in [0.717, 1.165) is 9.87 Å². The van der Waals surface area contributed by atoms with Gasteiger partial charge in [-0.15, -0.1) is 0 Å². The van der Waals surface area contributed by atoms with Crippen LogP contribution in [0.1, 0.15) is 25.3 Å². The Morgan fingerprint density at radius 3 is 1.97 bits per heavy atom. The normalized spacial score (nSPS) is 11.2. The molecule has 4 rings (SSSR count). The molecule has 0 spiro atoms. The van der Waals surface area contributed by atoms with E-state index in [0.29, 0.717) is 22.9 Å². The summed E-state index contributed by atoms with van der Waals surface area (Å²) >= 11 is 0. The maximum Gasteiger partial charge on any atom is 0.264 e. The first-order chi connectivity index (χ1) is 17.3. The molecule has 4 aromatic rings. The Hall–Kier alpha value is -4.10. The van der Waals surface area contributed by atoms with Gasteiger partial charge in [-0.1, -0.05) is 68.4 Å². The van der Waals surface area contributed by atoms with Gasteiger partial charge in [-0.3, -0.25) is 9.10 Å². The summed E-state index contributed by atoms with van der Waals surface area (Å²) in [4.78, 5) is 13.2. The van der Waals surface area contributed by atoms with E-state index in [1.165, 1.54) is 12.1 Å². The van der Waals surface area contributed by atoms with E-state index in [1.807, 2.05) is 68.4 Å². The Morgan fingerprint density at radius 2 is 1.33 bits per heavy atom. The lowest BCUT2D eigenvalue weighted by Crippen LogP contribution is -2.38. The maximum atomic E-state index is 13.6. The van der Waals surface area contributed by atoms with Gasteiger partial charge in [0.2, 0.25) is 5.91 Å². The second kappa shape index (κ2) is 11.1. The van der Waals surface area contributed by atoms with Gasteiger partial charge in [0.25, 0.3) is 10.0 Å². The van der Waals surface area contributed by atoms with Crippen molar-refractivity contribution in [1.29, 1.82) is 0 Å². The fraction of sp³-hybridized carbons (Fsp3) is 0.138. The highest BCUT2D eigenvalue weighted by Crippen LogP contribution is 2.29. The summed E-state index contributed by atoms with van der Waals surface area (Å²) in [5.41, 5.74) is 2.00. The Kier molecular flexibility index (Phi) is 7.71. The van der Waals surface area contributed by atoms with Crippen LogP contribution in [0.5, 0.6) is 11.5 Å². The van der Waals surface area contributed by atoms with Crippen molar-refractivity contribution in [3.05, 3.63) is 115 Å². The number of hydrogen-bond donors (Lipinski definition) is 1. The molecule has 1 amide bonds. The second-order valence-electron chi connectivity index (χ2n) is 8.52. The summed E-state index contributed by atoms with van der Waals surface area (Å²) in [5, 5.41) is 2.89. The van der Waals surface area contributed by atoms with Gasteiger partial charge in [-0.25, -0.2) is 8.42 Å². The smallest absolute Gasteiger partial charge is 0.264 e. The van der Waals surface area contributed by atoms with Crippen LogP contribution in [0.15, 0.2) is 114 Å². The Labute approximate surface area is 212 Å². The zero-order valence-corrected chi connectivity index (χ0v) is 21.0. The third-order valence-corrected chi connectivity index (χ3v) is 7.37. The van der Waals surface area contributed by atoms with E-state index in [9.17, 15) is 13.2 Å². The standard InChI is InChI=1S/C29H28N2O4S/c1-22(2)27-15-9-10-16-28(27)30-29(32)21-31(36(33,34)26-13-7-4-8-14-26)23-17-19-25(20-18-23)35-24-11-5-3-6-12-24/h3-20,22H,21H2,1-2H3,(H,30,32). The second-order valence-corrected chi connectivity index (χ2v) is 10.4. The van der Waals surface area contributed by atoms with Crippen LogP contribution in [0.25, 0.3) is 0 Å². The van der Waals surface area contributed by atoms with E-state index in [-0.39, 0.29) is 17.4 Å². The molecule has 0 bridgehead atoms. The van der Waals surface area contributed by atoms with Crippen LogP contribution in [0, 0.1) is 0 Å². The number of hydrogen-bond acceptors (Lipinski definition) is 4. The van der Waals surface area contributed by atoms with Gasteiger partial charge in [-0.05, 0) is 66.1 Å². The highest BCUT2D eigenvalue weighted by atomic mass is 32.2. The van der Waals surface area contributed by atoms with Gasteiger partial charge in [0, 0.05) is 5.69 Å². The molecular weight excluding hydrogens is 472 g/mol. The van der Waals surface area contributed by atoms with Crippen molar-refractivity contribution in [2.75, 3.05) is 16.2 Å². The molecule has 6 nitrogen and oxygen atoms in total. The molecular formula is C29H28N2O4S. The summed E-state index contributed by atoms with van der Waals surface area (Å²) in [5.74, 6) is 0.981. The highest BCUT2D eigenvalue weighted by molar-refractivity contribution is 7.92. The molecule has 36 heavy (non-hydrogen) atoms. The molecule has 0 atom stereocenters. The fourth-order valence-electron chi connectivity index (χ4n) is 3.77. The molecule has 0 aliphatic heterocycles. The minimum atomic E-state index is -4.01. The van der Waals surface area contributed by atoms with Gasteiger partial charge in [-0.2, -0.15) is 0 Å². The summed E-state index contributed by atoms with van der Waals surface area (Å²) in [6.07, 6.45) is 0. The van der Waals surface area contributed by atoms with E-state index >= 15 is 0 Å². The minimum Gasteiger partial charge on any atom is -0.457 e. The Balaban J connectivity index is 1.63. The quantitative estimate of drug-likeness (QED) is 0.287. The summed E-state index contributed by atoms with van der Waals surface area (Å²) in [6, 6.07) is 31.5. The molecule has 184 valence electrons. The number of anilines is 2. The van der Waals surface area contributed by atoms with E-state index in [1.54, 1.807) is 42.5 Å². The van der Waals surface area contributed by atoms with Gasteiger partial charge < -0.3 is 10.1 Å². The number of amides is 1. The molecule has 0 aliphatic carbocycles. The number of sulfonamides is 1. The van der Waals surface area contributed by atoms with Crippen molar-refractivity contribution < 1.29 is 17.9 Å². The fourth-order valence-corrected chi connectivity index (χ4v) is 5.22. The van der Waals surface area contributed by atoms with Gasteiger partial charge in [0.05, 0.1) is 10.6 Å². The van der Waals surface area contributed by atoms with Crippen molar-refractivity contribution in [2.24, 2.45) is 0 Å². The predicted molar refractivity (Wildman–Crippen MR) is 143 cm³/mol. The van der Waals surface area contributed by atoms with E-state index < -0.39 is 15.9 Å². The molecule has 1 N–H and O–H groups in total. The Bertz CT molecular complexity index is 1400. The number of para-hydroxylation sites is 2. The van der Waals surface area contributed by atoms with E-state index in [2.05, 4.69) is 5.32 Å². The van der Waals surface area contributed by atoms with Crippen LogP contribution < -0.4 is 14.4 Å². The number of benzene rings is 4. The SMILES string of the molecule is CC(C)c1ccccc1NC(=O)CN(c1ccc(Oc2ccccc2)cc1)S(=O)(=O)c1ccccc1. The lowest BCUT2D eigenvalue weighted by Gasteiger charge is -2.25. The molecule has 4 aromatic carbocycles. The molecule has 0 aromatic heterocycles. The van der Waals surface area contributed by atoms with E-state index in [4.69, 9.17) is 4.74 Å². The zero-order chi connectivity index (χ0) is 25.5. The lowest BCUT2D eigenvalue weighted by atomic mass is 10.0. The lowest BCUT2D eigenvalue weighted by molar-refractivity contribution is -0.114. The number of ether oxygens (including phenoxy) is 1. The van der Waals surface area contributed by atoms with Crippen LogP contribution in [-0.2, 0) is 14.8 Å². The summed E-state index contributed by atoms with van der Waals surface area (Å²) < 4.78 is 34.1. The number of rotatable bonds is 9. The monoisotopic (exact) mass is 500 g/mol. The van der Waals surface area contributed by atoms with Gasteiger partial charge in [0.1, 0.15) is 18.0 Å². The predicted octanol–water partition coefficient (Wildman–Crippen LogP) is 6.44. The van der Waals surface area contributed by atoms with Crippen LogP contribution in [0.3, 0.4) is 0 Å². The average molecular weight is 501 g/mol. The number of nitrogens with one attached hydrogen (secondary N) is 1. The first kappa shape index (κ1) is 25.0. The third-order valence-electron chi connectivity index (χ3n) is 5.58. The van der Waals surface area contributed by atoms with Crippen LogP contribution in [0.4, 0.5) is 11.4 Å². The summed E-state index contributed by atoms with van der Waals surface area (Å²) in [6.45, 7) is 3.69. The van der Waals surface area contributed by atoms with Crippen molar-refractivity contribution in [1.82, 2.24) is 0 Å². The van der Waals surface area contributed by atoms with Crippen LogP contribution in [0.2, 0.25) is 0 Å². The molecule has 0 heterocycles. The maximum absolute atomic E-state index is 13.6. The summed E-state index contributed by atoms with van der Waals surface area (Å²) in [7, 11) is -4.01. The molecule has 0 fully saturated rings. The largest absolute Gasteiger partial charge is 0.457 e. The topological polar surface area (TPSA) is 75.7 Å². The molecule has 0 saturated carbocycles. The molecule has 0 aliphatic rings. The molecule has 7 heteroatoms. The van der Waals surface area contributed by atoms with Gasteiger partial charge >= 0.3 is 0 Å². The van der Waals surface area contributed by atoms with Crippen molar-refractivity contribution in [2.45, 2.75) is 24.7 Å². The van der Waals surface area contributed by atoms with Crippen molar-refractivity contribution in [3.8, 4) is 11.5 Å². The highest BCUT2D eigenvalue weighted by Gasteiger charge is 2.27. The first-order valence-electron chi connectivity index (χ1n) is 11.6. The molecule has 0 radical (unpaired) electrons. The third kappa shape index (κ3) is 5.93. The van der Waals surface area contributed by atoms with Crippen molar-refractivity contribution in [3.63, 3.8) is 0 Å². The Morgan fingerprint density at radius 1 is 0.778 bits per heavy atom. The first-order valence-corrected chi connectivity index (χ1v) is 13.1. The van der Waals surface area contributed by atoms with Gasteiger partial charge in [0.15, 0.2) is 0 Å². The minimum absolute atomic E-state index is 0.102. The van der Waals surface area contributed by atoms with Crippen LogP contribution >= 0.6 is 0 Å². The number of nitrogens with zero attached hydrogens (tertiary/aromatic N) is 1. The number of carbonyl (C=O) groups excluding carboxylic acids is 1. The van der Waals surface area contributed by atoms with Crippen LogP contribution in [-0.4, -0.2) is 20.9 Å². The molecule has 0 saturated heterocycles. The van der Waals surface area contributed by atoms with Crippen molar-refractivity contribution >= 4 is 27.3 Å².